The summed E-state index contributed by atoms with van der Waals surface area (Å²) >= 11 is 0. The fourth-order valence-electron chi connectivity index (χ4n) is 5.44. The Morgan fingerprint density at radius 2 is 1.59 bits per heavy atom. The van der Waals surface area contributed by atoms with E-state index in [9.17, 15) is 19.6 Å². The summed E-state index contributed by atoms with van der Waals surface area (Å²) in [6.45, 7) is 11.9. The maximum atomic E-state index is 13.9. The van der Waals surface area contributed by atoms with Crippen LogP contribution in [0, 0.1) is 23.2 Å². The second kappa shape index (κ2) is 16.9. The molecule has 0 spiro atoms. The number of hydrogen-bond donors (Lipinski definition) is 0. The first-order valence-corrected chi connectivity index (χ1v) is 15.3. The Hall–Kier alpha value is -3.18. The van der Waals surface area contributed by atoms with Gasteiger partial charge in [-0.15, -0.1) is 0 Å². The Kier molecular flexibility index (Phi) is 14.1. The maximum Gasteiger partial charge on any atom is 0.253 e. The van der Waals surface area contributed by atoms with Crippen LogP contribution in [-0.4, -0.2) is 66.5 Å². The standard InChI is InChI=1S/C33H49N5O3/c1-8-12-15-24(10-3)21-38(22-25(11-4)16-13-9-2)33(41)26-17-14-18-27(19-26)35-36-29-23(5)28(20-34)31(39)30(32(29)40)37(6)7/h14,17-19,24-25,29-30H,8-13,15-16,21-22H2,1-7H3. The van der Waals surface area contributed by atoms with Crippen molar-refractivity contribution >= 4 is 23.2 Å². The molecule has 0 heterocycles. The lowest BCUT2D eigenvalue weighted by atomic mass is 9.83. The van der Waals surface area contributed by atoms with Gasteiger partial charge >= 0.3 is 0 Å². The van der Waals surface area contributed by atoms with E-state index in [1.165, 1.54) is 4.90 Å². The van der Waals surface area contributed by atoms with Crippen LogP contribution >= 0.6 is 0 Å². The van der Waals surface area contributed by atoms with Gasteiger partial charge in [0.1, 0.15) is 12.1 Å². The number of rotatable bonds is 16. The van der Waals surface area contributed by atoms with E-state index >= 15 is 0 Å². The highest BCUT2D eigenvalue weighted by atomic mass is 16.2. The van der Waals surface area contributed by atoms with Crippen LogP contribution in [0.3, 0.4) is 0 Å². The van der Waals surface area contributed by atoms with Gasteiger partial charge in [0.15, 0.2) is 17.6 Å². The minimum Gasteiger partial charge on any atom is -0.338 e. The molecular weight excluding hydrogens is 514 g/mol. The summed E-state index contributed by atoms with van der Waals surface area (Å²) in [7, 11) is 3.25. The highest BCUT2D eigenvalue weighted by Gasteiger charge is 2.43. The molecule has 8 nitrogen and oxygen atoms in total. The number of carbonyl (C=O) groups excluding carboxylic acids is 3. The van der Waals surface area contributed by atoms with Crippen molar-refractivity contribution in [2.75, 3.05) is 27.2 Å². The lowest BCUT2D eigenvalue weighted by Crippen LogP contribution is -2.51. The number of likely N-dealkylation sites (N-methyl/N-ethyl adjacent to an activating group) is 1. The molecule has 2 rings (SSSR count). The van der Waals surface area contributed by atoms with Crippen molar-refractivity contribution in [3.05, 3.63) is 41.0 Å². The van der Waals surface area contributed by atoms with Crippen LogP contribution in [0.4, 0.5) is 5.69 Å². The first-order valence-electron chi connectivity index (χ1n) is 15.3. The molecule has 4 unspecified atom stereocenters. The quantitative estimate of drug-likeness (QED) is 0.160. The SMILES string of the molecule is CCCCC(CC)CN(CC(CC)CCCC)C(=O)c1cccc(N=NC2C(=O)C(N(C)C)C(=O)C(C#N)=C2C)c1. The highest BCUT2D eigenvalue weighted by Crippen LogP contribution is 2.27. The van der Waals surface area contributed by atoms with Gasteiger partial charge in [-0.25, -0.2) is 0 Å². The van der Waals surface area contributed by atoms with Gasteiger partial charge in [0.05, 0.1) is 11.3 Å². The normalized spacial score (nSPS) is 19.1. The third kappa shape index (κ3) is 9.16. The molecule has 4 atom stereocenters. The van der Waals surface area contributed by atoms with Crippen LogP contribution in [0.5, 0.6) is 0 Å². The smallest absolute Gasteiger partial charge is 0.253 e. The molecule has 1 aromatic rings. The average molecular weight is 564 g/mol. The molecule has 0 bridgehead atoms. The third-order valence-electron chi connectivity index (χ3n) is 8.18. The van der Waals surface area contributed by atoms with Crippen molar-refractivity contribution < 1.29 is 14.4 Å². The molecule has 1 aliphatic carbocycles. The van der Waals surface area contributed by atoms with E-state index in [4.69, 9.17) is 0 Å². The molecular formula is C33H49N5O3. The minimum absolute atomic E-state index is 0.0122. The molecule has 0 saturated heterocycles. The van der Waals surface area contributed by atoms with Gasteiger partial charge in [0.2, 0.25) is 0 Å². The monoisotopic (exact) mass is 563 g/mol. The van der Waals surface area contributed by atoms with Crippen LogP contribution in [-0.2, 0) is 9.59 Å². The summed E-state index contributed by atoms with van der Waals surface area (Å²) in [5.74, 6) is -0.0120. The van der Waals surface area contributed by atoms with Gasteiger partial charge < -0.3 is 4.90 Å². The number of hydrogen-bond acceptors (Lipinski definition) is 7. The largest absolute Gasteiger partial charge is 0.338 e. The topological polar surface area (TPSA) is 106 Å². The molecule has 0 saturated carbocycles. The van der Waals surface area contributed by atoms with Gasteiger partial charge in [0.25, 0.3) is 5.91 Å². The molecule has 1 amide bonds. The second-order valence-electron chi connectivity index (χ2n) is 11.5. The molecule has 224 valence electrons. The molecule has 0 N–H and O–H groups in total. The average Bonchev–Trinajstić information content (AvgIpc) is 2.96. The maximum absolute atomic E-state index is 13.9. The van der Waals surface area contributed by atoms with E-state index < -0.39 is 23.7 Å². The number of carbonyl (C=O) groups is 3. The molecule has 0 aliphatic heterocycles. The number of Topliss-reactive ketones (excluding diaryl/α,β-unsaturated/α-hetero) is 2. The summed E-state index contributed by atoms with van der Waals surface area (Å²) in [6.07, 6.45) is 8.89. The van der Waals surface area contributed by atoms with Gasteiger partial charge in [-0.1, -0.05) is 72.3 Å². The van der Waals surface area contributed by atoms with Crippen LogP contribution in [0.2, 0.25) is 0 Å². The Balaban J connectivity index is 2.37. The van der Waals surface area contributed by atoms with Crippen LogP contribution in [0.15, 0.2) is 45.6 Å². The number of nitrogens with zero attached hydrogens (tertiary/aromatic N) is 5. The van der Waals surface area contributed by atoms with Gasteiger partial charge in [-0.3, -0.25) is 19.3 Å². The Bertz CT molecular complexity index is 1130. The molecule has 0 fully saturated rings. The van der Waals surface area contributed by atoms with Crippen LogP contribution in [0.25, 0.3) is 0 Å². The summed E-state index contributed by atoms with van der Waals surface area (Å²) in [5.41, 5.74) is 1.25. The summed E-state index contributed by atoms with van der Waals surface area (Å²) in [6, 6.07) is 6.87. The van der Waals surface area contributed by atoms with Crippen LogP contribution < -0.4 is 0 Å². The molecule has 8 heteroatoms. The minimum atomic E-state index is -1.07. The molecule has 1 aliphatic rings. The highest BCUT2D eigenvalue weighted by molar-refractivity contribution is 6.21. The zero-order valence-corrected chi connectivity index (χ0v) is 26.2. The molecule has 1 aromatic carbocycles. The van der Waals surface area contributed by atoms with Crippen molar-refractivity contribution in [3.8, 4) is 6.07 Å². The predicted molar refractivity (Wildman–Crippen MR) is 163 cm³/mol. The number of ketones is 2. The van der Waals surface area contributed by atoms with Crippen LogP contribution in [0.1, 0.15) is 96.3 Å². The predicted octanol–water partition coefficient (Wildman–Crippen LogP) is 6.94. The Morgan fingerprint density at radius 3 is 2.07 bits per heavy atom. The van der Waals surface area contributed by atoms with E-state index in [0.29, 0.717) is 28.7 Å². The summed E-state index contributed by atoms with van der Waals surface area (Å²) in [5, 5.41) is 18.1. The fraction of sp³-hybridized carbons (Fsp3) is 0.636. The van der Waals surface area contributed by atoms with E-state index in [2.05, 4.69) is 37.9 Å². The lowest BCUT2D eigenvalue weighted by Gasteiger charge is -2.31. The Labute approximate surface area is 246 Å². The number of amides is 1. The number of nitriles is 1. The third-order valence-corrected chi connectivity index (χ3v) is 8.18. The summed E-state index contributed by atoms with van der Waals surface area (Å²) in [4.78, 5) is 43.2. The zero-order chi connectivity index (χ0) is 30.5. The van der Waals surface area contributed by atoms with Gasteiger partial charge in [0, 0.05) is 18.7 Å². The number of azo groups is 1. The first-order chi connectivity index (χ1) is 19.6. The molecule has 0 aromatic heterocycles. The Morgan fingerprint density at radius 1 is 1.00 bits per heavy atom. The van der Waals surface area contributed by atoms with Crippen molar-refractivity contribution in [3.63, 3.8) is 0 Å². The van der Waals surface area contributed by atoms with Gasteiger partial charge in [-0.2, -0.15) is 15.5 Å². The lowest BCUT2D eigenvalue weighted by molar-refractivity contribution is -0.132. The molecule has 0 radical (unpaired) electrons. The number of unbranched alkanes of at least 4 members (excludes halogenated alkanes) is 2. The molecule has 41 heavy (non-hydrogen) atoms. The van der Waals surface area contributed by atoms with Gasteiger partial charge in [-0.05, 0) is 69.5 Å². The zero-order valence-electron chi connectivity index (χ0n) is 26.2. The first kappa shape index (κ1) is 34.0. The van der Waals surface area contributed by atoms with E-state index in [0.717, 1.165) is 64.5 Å². The summed E-state index contributed by atoms with van der Waals surface area (Å²) < 4.78 is 0. The van der Waals surface area contributed by atoms with Crippen molar-refractivity contribution in [2.45, 2.75) is 98.1 Å². The van der Waals surface area contributed by atoms with Crippen molar-refractivity contribution in [1.82, 2.24) is 9.80 Å². The van der Waals surface area contributed by atoms with Crippen molar-refractivity contribution in [2.24, 2.45) is 22.1 Å². The fourth-order valence-corrected chi connectivity index (χ4v) is 5.44. The van der Waals surface area contributed by atoms with E-state index in [-0.39, 0.29) is 11.5 Å². The second-order valence-corrected chi connectivity index (χ2v) is 11.5. The number of benzene rings is 1. The van der Waals surface area contributed by atoms with E-state index in [1.807, 2.05) is 11.0 Å². The van der Waals surface area contributed by atoms with Crippen molar-refractivity contribution in [1.29, 1.82) is 5.26 Å². The van der Waals surface area contributed by atoms with E-state index in [1.54, 1.807) is 45.3 Å².